The molecule has 3 nitrogen and oxygen atoms in total. The molecule has 124 valence electrons. The van der Waals surface area contributed by atoms with Crippen LogP contribution in [0.5, 0.6) is 5.75 Å². The van der Waals surface area contributed by atoms with Crippen molar-refractivity contribution in [2.75, 3.05) is 19.6 Å². The van der Waals surface area contributed by atoms with E-state index in [1.807, 2.05) is 0 Å². The van der Waals surface area contributed by atoms with Crippen molar-refractivity contribution in [3.05, 3.63) is 29.8 Å². The van der Waals surface area contributed by atoms with Gasteiger partial charge in [-0.2, -0.15) is 0 Å². The molecule has 0 amide bonds. The lowest BCUT2D eigenvalue weighted by Crippen LogP contribution is -2.31. The maximum atomic E-state index is 6.24. The van der Waals surface area contributed by atoms with Crippen LogP contribution in [0.2, 0.25) is 0 Å². The number of halogens is 1. The summed E-state index contributed by atoms with van der Waals surface area (Å²) in [4.78, 5) is 2.52. The molecule has 2 aliphatic rings. The van der Waals surface area contributed by atoms with E-state index >= 15 is 0 Å². The number of benzene rings is 1. The second-order valence-electron chi connectivity index (χ2n) is 7.11. The zero-order chi connectivity index (χ0) is 14.7. The lowest BCUT2D eigenvalue weighted by molar-refractivity contribution is 0.202. The molecule has 4 heteroatoms. The number of likely N-dealkylation sites (tertiary alicyclic amines) is 1. The van der Waals surface area contributed by atoms with Crippen LogP contribution in [0.4, 0.5) is 0 Å². The van der Waals surface area contributed by atoms with Crippen LogP contribution >= 0.6 is 12.4 Å². The van der Waals surface area contributed by atoms with Gasteiger partial charge in [-0.05, 0) is 56.7 Å². The monoisotopic (exact) mass is 324 g/mol. The molecule has 1 heterocycles. The third kappa shape index (κ3) is 4.15. The van der Waals surface area contributed by atoms with Crippen molar-refractivity contribution >= 4 is 12.4 Å². The predicted octanol–water partition coefficient (Wildman–Crippen LogP) is 3.60. The van der Waals surface area contributed by atoms with E-state index in [9.17, 15) is 0 Å². The van der Waals surface area contributed by atoms with E-state index < -0.39 is 0 Å². The van der Waals surface area contributed by atoms with Gasteiger partial charge in [-0.1, -0.05) is 25.1 Å². The fourth-order valence-electron chi connectivity index (χ4n) is 3.60. The normalized spacial score (nSPS) is 26.1. The number of para-hydroxylation sites is 1. The number of rotatable bonds is 5. The minimum Gasteiger partial charge on any atom is -0.490 e. The summed E-state index contributed by atoms with van der Waals surface area (Å²) >= 11 is 0. The highest BCUT2D eigenvalue weighted by molar-refractivity contribution is 5.85. The predicted molar refractivity (Wildman–Crippen MR) is 93.6 cm³/mol. The number of ether oxygens (including phenoxy) is 1. The first-order valence-corrected chi connectivity index (χ1v) is 8.35. The fourth-order valence-corrected chi connectivity index (χ4v) is 3.60. The molecule has 2 N–H and O–H groups in total. The van der Waals surface area contributed by atoms with Crippen molar-refractivity contribution in [1.29, 1.82) is 0 Å². The van der Waals surface area contributed by atoms with Crippen LogP contribution in [0, 0.1) is 5.41 Å². The second kappa shape index (κ2) is 7.67. The Morgan fingerprint density at radius 2 is 2.00 bits per heavy atom. The molecule has 0 bridgehead atoms. The summed E-state index contributed by atoms with van der Waals surface area (Å²) in [6.45, 7) is 6.31. The summed E-state index contributed by atoms with van der Waals surface area (Å²) in [5.41, 5.74) is 7.53. The highest BCUT2D eigenvalue weighted by Gasteiger charge is 2.32. The molecule has 0 aromatic heterocycles. The van der Waals surface area contributed by atoms with Gasteiger partial charge < -0.3 is 10.5 Å². The number of nitrogens with zero attached hydrogens (tertiary/aromatic N) is 1. The van der Waals surface area contributed by atoms with Gasteiger partial charge in [-0.3, -0.25) is 4.90 Å². The molecule has 1 saturated heterocycles. The molecule has 0 spiro atoms. The highest BCUT2D eigenvalue weighted by Crippen LogP contribution is 2.32. The van der Waals surface area contributed by atoms with Gasteiger partial charge in [0.2, 0.25) is 0 Å². The van der Waals surface area contributed by atoms with Crippen LogP contribution < -0.4 is 10.5 Å². The molecule has 1 atom stereocenters. The van der Waals surface area contributed by atoms with Crippen LogP contribution in [0.3, 0.4) is 0 Å². The first-order chi connectivity index (χ1) is 10.2. The number of nitrogens with two attached hydrogens (primary N) is 1. The molecule has 0 radical (unpaired) electrons. The van der Waals surface area contributed by atoms with E-state index in [4.69, 9.17) is 10.5 Å². The topological polar surface area (TPSA) is 38.5 Å². The van der Waals surface area contributed by atoms with Crippen molar-refractivity contribution in [2.45, 2.75) is 51.7 Å². The number of hydrogen-bond donors (Lipinski definition) is 1. The Morgan fingerprint density at radius 3 is 2.68 bits per heavy atom. The van der Waals surface area contributed by atoms with E-state index in [2.05, 4.69) is 36.1 Å². The van der Waals surface area contributed by atoms with Gasteiger partial charge >= 0.3 is 0 Å². The van der Waals surface area contributed by atoms with Crippen LogP contribution in [0.15, 0.2) is 24.3 Å². The van der Waals surface area contributed by atoms with Gasteiger partial charge in [0.05, 0.1) is 6.10 Å². The first kappa shape index (κ1) is 17.6. The third-order valence-electron chi connectivity index (χ3n) is 5.09. The molecule has 1 unspecified atom stereocenters. The summed E-state index contributed by atoms with van der Waals surface area (Å²) in [5.74, 6) is 1.09. The minimum atomic E-state index is 0. The highest BCUT2D eigenvalue weighted by atomic mass is 35.5. The zero-order valence-corrected chi connectivity index (χ0v) is 14.4. The SMILES string of the molecule is CC1(CN)CCN(Cc2ccccc2OC2CCCC2)C1.Cl. The maximum Gasteiger partial charge on any atom is 0.124 e. The van der Waals surface area contributed by atoms with E-state index in [1.54, 1.807) is 0 Å². The largest absolute Gasteiger partial charge is 0.490 e. The summed E-state index contributed by atoms with van der Waals surface area (Å²) in [5, 5.41) is 0. The van der Waals surface area contributed by atoms with Gasteiger partial charge in [-0.15, -0.1) is 12.4 Å². The molecular formula is C18H29ClN2O. The molecule has 3 rings (SSSR count). The van der Waals surface area contributed by atoms with E-state index in [-0.39, 0.29) is 12.4 Å². The first-order valence-electron chi connectivity index (χ1n) is 8.35. The molecule has 22 heavy (non-hydrogen) atoms. The third-order valence-corrected chi connectivity index (χ3v) is 5.09. The van der Waals surface area contributed by atoms with Crippen LogP contribution in [0.1, 0.15) is 44.6 Å². The summed E-state index contributed by atoms with van der Waals surface area (Å²) in [6, 6.07) is 8.55. The Kier molecular flexibility index (Phi) is 6.13. The number of hydrogen-bond acceptors (Lipinski definition) is 3. The molecule has 2 fully saturated rings. The van der Waals surface area contributed by atoms with Crippen LogP contribution in [0.25, 0.3) is 0 Å². The van der Waals surface area contributed by atoms with Gasteiger partial charge in [0.25, 0.3) is 0 Å². The Bertz CT molecular complexity index is 476. The van der Waals surface area contributed by atoms with E-state index in [1.165, 1.54) is 37.7 Å². The van der Waals surface area contributed by atoms with E-state index in [0.717, 1.165) is 31.9 Å². The fraction of sp³-hybridized carbons (Fsp3) is 0.667. The van der Waals surface area contributed by atoms with Crippen molar-refractivity contribution in [2.24, 2.45) is 11.1 Å². The van der Waals surface area contributed by atoms with Crippen molar-refractivity contribution in [3.8, 4) is 5.75 Å². The van der Waals surface area contributed by atoms with Crippen molar-refractivity contribution in [3.63, 3.8) is 0 Å². The molecule has 1 aliphatic heterocycles. The van der Waals surface area contributed by atoms with Gasteiger partial charge in [0, 0.05) is 18.7 Å². The molecular weight excluding hydrogens is 296 g/mol. The Labute approximate surface area is 140 Å². The average Bonchev–Trinajstić information content (AvgIpc) is 3.12. The smallest absolute Gasteiger partial charge is 0.124 e. The minimum absolute atomic E-state index is 0. The van der Waals surface area contributed by atoms with Crippen molar-refractivity contribution < 1.29 is 4.74 Å². The molecule has 1 aromatic rings. The summed E-state index contributed by atoms with van der Waals surface area (Å²) < 4.78 is 6.24. The Morgan fingerprint density at radius 1 is 1.27 bits per heavy atom. The lowest BCUT2D eigenvalue weighted by atomic mass is 9.90. The standard InChI is InChI=1S/C18H28N2O.ClH/c1-18(13-19)10-11-20(14-18)12-15-6-2-5-9-17(15)21-16-7-3-4-8-16;/h2,5-6,9,16H,3-4,7-8,10-14,19H2,1H3;1H. The average molecular weight is 325 g/mol. The Balaban J connectivity index is 0.00000176. The molecule has 1 saturated carbocycles. The quantitative estimate of drug-likeness (QED) is 0.899. The van der Waals surface area contributed by atoms with Gasteiger partial charge in [0.1, 0.15) is 5.75 Å². The van der Waals surface area contributed by atoms with Gasteiger partial charge in [0.15, 0.2) is 0 Å². The Hall–Kier alpha value is -0.770. The van der Waals surface area contributed by atoms with Crippen LogP contribution in [-0.2, 0) is 6.54 Å². The molecule has 1 aromatic carbocycles. The van der Waals surface area contributed by atoms with Gasteiger partial charge in [-0.25, -0.2) is 0 Å². The van der Waals surface area contributed by atoms with E-state index in [0.29, 0.717) is 11.5 Å². The maximum absolute atomic E-state index is 6.24. The second-order valence-corrected chi connectivity index (χ2v) is 7.11. The van der Waals surface area contributed by atoms with Crippen molar-refractivity contribution in [1.82, 2.24) is 4.90 Å². The zero-order valence-electron chi connectivity index (χ0n) is 13.6. The lowest BCUT2D eigenvalue weighted by Gasteiger charge is -2.24. The summed E-state index contributed by atoms with van der Waals surface area (Å²) in [7, 11) is 0. The molecule has 1 aliphatic carbocycles. The summed E-state index contributed by atoms with van der Waals surface area (Å²) in [6.07, 6.45) is 6.68. The van der Waals surface area contributed by atoms with Crippen LogP contribution in [-0.4, -0.2) is 30.6 Å².